The molecule has 1 aliphatic carbocycles. The van der Waals surface area contributed by atoms with Gasteiger partial charge < -0.3 is 5.32 Å². The van der Waals surface area contributed by atoms with Crippen molar-refractivity contribution < 1.29 is 9.59 Å². The van der Waals surface area contributed by atoms with E-state index in [1.807, 2.05) is 36.4 Å². The maximum atomic E-state index is 11.7. The molecule has 1 aromatic rings. The summed E-state index contributed by atoms with van der Waals surface area (Å²) in [7, 11) is 0. The summed E-state index contributed by atoms with van der Waals surface area (Å²) >= 11 is 0. The topological polar surface area (TPSA) is 46.2 Å². The van der Waals surface area contributed by atoms with E-state index < -0.39 is 0 Å². The molecular formula is C16H19NO2. The van der Waals surface area contributed by atoms with Gasteiger partial charge in [-0.05, 0) is 36.5 Å². The Kier molecular flexibility index (Phi) is 4.50. The third-order valence-electron chi connectivity index (χ3n) is 3.62. The van der Waals surface area contributed by atoms with E-state index in [9.17, 15) is 9.59 Å². The van der Waals surface area contributed by atoms with Crippen molar-refractivity contribution in [3.05, 3.63) is 42.5 Å². The Morgan fingerprint density at radius 1 is 1.37 bits per heavy atom. The highest BCUT2D eigenvalue weighted by Crippen LogP contribution is 2.29. The van der Waals surface area contributed by atoms with E-state index in [-0.39, 0.29) is 11.8 Å². The van der Waals surface area contributed by atoms with Crippen LogP contribution in [-0.4, -0.2) is 11.7 Å². The zero-order chi connectivity index (χ0) is 13.7. The van der Waals surface area contributed by atoms with Gasteiger partial charge in [0.05, 0.1) is 0 Å². The summed E-state index contributed by atoms with van der Waals surface area (Å²) in [4.78, 5) is 23.0. The lowest BCUT2D eigenvalue weighted by atomic mass is 9.92. The number of nitrogens with one attached hydrogen (secondary N) is 1. The van der Waals surface area contributed by atoms with Crippen molar-refractivity contribution >= 4 is 17.4 Å². The fourth-order valence-corrected chi connectivity index (χ4v) is 2.39. The van der Waals surface area contributed by atoms with Gasteiger partial charge in [0.25, 0.3) is 0 Å². The van der Waals surface area contributed by atoms with E-state index in [1.165, 1.54) is 0 Å². The SMILES string of the molecule is C[C@H](/C=C/C(=O)Nc1ccccc1)[C@H]1CCC(=O)C1. The molecule has 0 unspecified atom stereocenters. The first-order valence-corrected chi connectivity index (χ1v) is 6.71. The highest BCUT2D eigenvalue weighted by atomic mass is 16.1. The number of Topliss-reactive ketones (excluding diaryl/α,β-unsaturated/α-hetero) is 1. The molecule has 0 saturated heterocycles. The van der Waals surface area contributed by atoms with Gasteiger partial charge in [0.2, 0.25) is 5.91 Å². The number of anilines is 1. The minimum absolute atomic E-state index is 0.123. The second-order valence-electron chi connectivity index (χ2n) is 5.12. The highest BCUT2D eigenvalue weighted by Gasteiger charge is 2.25. The molecule has 0 radical (unpaired) electrons. The predicted octanol–water partition coefficient (Wildman–Crippen LogP) is 3.19. The van der Waals surface area contributed by atoms with Crippen LogP contribution in [0, 0.1) is 11.8 Å². The number of ketones is 1. The molecule has 19 heavy (non-hydrogen) atoms. The predicted molar refractivity (Wildman–Crippen MR) is 75.7 cm³/mol. The number of amides is 1. The molecule has 1 fully saturated rings. The number of rotatable bonds is 4. The van der Waals surface area contributed by atoms with Crippen molar-refractivity contribution in [1.29, 1.82) is 0 Å². The molecule has 1 aromatic carbocycles. The van der Waals surface area contributed by atoms with E-state index in [1.54, 1.807) is 6.08 Å². The van der Waals surface area contributed by atoms with E-state index in [0.717, 1.165) is 12.1 Å². The normalized spacial score (nSPS) is 20.7. The molecule has 0 aromatic heterocycles. The van der Waals surface area contributed by atoms with Gasteiger partial charge in [-0.3, -0.25) is 9.59 Å². The third-order valence-corrected chi connectivity index (χ3v) is 3.62. The summed E-state index contributed by atoms with van der Waals surface area (Å²) in [5.41, 5.74) is 0.792. The molecular weight excluding hydrogens is 238 g/mol. The van der Waals surface area contributed by atoms with Crippen LogP contribution in [0.25, 0.3) is 0 Å². The zero-order valence-electron chi connectivity index (χ0n) is 11.1. The first-order valence-electron chi connectivity index (χ1n) is 6.71. The van der Waals surface area contributed by atoms with Gasteiger partial charge in [0, 0.05) is 18.5 Å². The van der Waals surface area contributed by atoms with Crippen LogP contribution in [0.1, 0.15) is 26.2 Å². The lowest BCUT2D eigenvalue weighted by Crippen LogP contribution is -2.10. The molecule has 0 spiro atoms. The van der Waals surface area contributed by atoms with Crippen molar-refractivity contribution in [2.75, 3.05) is 5.32 Å². The van der Waals surface area contributed by atoms with Crippen molar-refractivity contribution in [2.45, 2.75) is 26.2 Å². The third kappa shape index (κ3) is 4.05. The first-order chi connectivity index (χ1) is 9.15. The van der Waals surface area contributed by atoms with Gasteiger partial charge in [0.1, 0.15) is 5.78 Å². The van der Waals surface area contributed by atoms with Crippen LogP contribution in [0.15, 0.2) is 42.5 Å². The Labute approximate surface area is 113 Å². The number of carbonyl (C=O) groups excluding carboxylic acids is 2. The molecule has 3 heteroatoms. The average Bonchev–Trinajstić information content (AvgIpc) is 2.84. The van der Waals surface area contributed by atoms with Gasteiger partial charge >= 0.3 is 0 Å². The Morgan fingerprint density at radius 2 is 2.11 bits per heavy atom. The van der Waals surface area contributed by atoms with Gasteiger partial charge in [-0.1, -0.05) is 31.2 Å². The number of benzene rings is 1. The van der Waals surface area contributed by atoms with Crippen molar-refractivity contribution in [3.8, 4) is 0 Å². The monoisotopic (exact) mass is 257 g/mol. The minimum Gasteiger partial charge on any atom is -0.323 e. The fraction of sp³-hybridized carbons (Fsp3) is 0.375. The molecule has 1 saturated carbocycles. The Morgan fingerprint density at radius 3 is 2.74 bits per heavy atom. The summed E-state index contributed by atoms with van der Waals surface area (Å²) in [5.74, 6) is 0.891. The van der Waals surface area contributed by atoms with E-state index in [4.69, 9.17) is 0 Å². The largest absolute Gasteiger partial charge is 0.323 e. The molecule has 1 amide bonds. The smallest absolute Gasteiger partial charge is 0.248 e. The molecule has 3 nitrogen and oxygen atoms in total. The number of allylic oxidation sites excluding steroid dienone is 1. The molecule has 1 N–H and O–H groups in total. The lowest BCUT2D eigenvalue weighted by molar-refractivity contribution is -0.117. The van der Waals surface area contributed by atoms with Gasteiger partial charge in [-0.25, -0.2) is 0 Å². The molecule has 0 bridgehead atoms. The standard InChI is InChI=1S/C16H19NO2/c1-12(13-8-9-15(18)11-13)7-10-16(19)17-14-5-3-2-4-6-14/h2-7,10,12-13H,8-9,11H2,1H3,(H,17,19)/b10-7+/t12-,13+/m1/s1. The van der Waals surface area contributed by atoms with Crippen molar-refractivity contribution in [2.24, 2.45) is 11.8 Å². The molecule has 0 aliphatic heterocycles. The molecule has 2 atom stereocenters. The van der Waals surface area contributed by atoms with Gasteiger partial charge in [-0.2, -0.15) is 0 Å². The maximum absolute atomic E-state index is 11.7. The Balaban J connectivity index is 1.84. The van der Waals surface area contributed by atoms with E-state index in [2.05, 4.69) is 12.2 Å². The van der Waals surface area contributed by atoms with Crippen LogP contribution < -0.4 is 5.32 Å². The zero-order valence-corrected chi connectivity index (χ0v) is 11.1. The summed E-state index contributed by atoms with van der Waals surface area (Å²) < 4.78 is 0. The van der Waals surface area contributed by atoms with Crippen LogP contribution in [0.2, 0.25) is 0 Å². The van der Waals surface area contributed by atoms with Crippen LogP contribution >= 0.6 is 0 Å². The molecule has 100 valence electrons. The summed E-state index contributed by atoms with van der Waals surface area (Å²) in [6, 6.07) is 9.37. The Bertz CT molecular complexity index is 479. The number of hydrogen-bond donors (Lipinski definition) is 1. The van der Waals surface area contributed by atoms with Crippen molar-refractivity contribution in [1.82, 2.24) is 0 Å². The minimum atomic E-state index is -0.123. The summed E-state index contributed by atoms with van der Waals surface area (Å²) in [6.45, 7) is 2.07. The maximum Gasteiger partial charge on any atom is 0.248 e. The van der Waals surface area contributed by atoms with Gasteiger partial charge in [0.15, 0.2) is 0 Å². The second-order valence-corrected chi connectivity index (χ2v) is 5.12. The first kappa shape index (κ1) is 13.5. The van der Waals surface area contributed by atoms with Crippen molar-refractivity contribution in [3.63, 3.8) is 0 Å². The second kappa shape index (κ2) is 6.32. The average molecular weight is 257 g/mol. The van der Waals surface area contributed by atoms with E-state index in [0.29, 0.717) is 24.5 Å². The van der Waals surface area contributed by atoms with Crippen LogP contribution in [-0.2, 0) is 9.59 Å². The Hall–Kier alpha value is -1.90. The number of para-hydroxylation sites is 1. The number of hydrogen-bond acceptors (Lipinski definition) is 2. The summed E-state index contributed by atoms with van der Waals surface area (Å²) in [5, 5.41) is 2.80. The number of carbonyl (C=O) groups is 2. The fourth-order valence-electron chi connectivity index (χ4n) is 2.39. The van der Waals surface area contributed by atoms with Crippen LogP contribution in [0.4, 0.5) is 5.69 Å². The molecule has 0 heterocycles. The quantitative estimate of drug-likeness (QED) is 0.842. The van der Waals surface area contributed by atoms with Gasteiger partial charge in [-0.15, -0.1) is 0 Å². The highest BCUT2D eigenvalue weighted by molar-refractivity contribution is 5.99. The molecule has 2 rings (SSSR count). The van der Waals surface area contributed by atoms with Crippen LogP contribution in [0.5, 0.6) is 0 Å². The van der Waals surface area contributed by atoms with Crippen LogP contribution in [0.3, 0.4) is 0 Å². The lowest BCUT2D eigenvalue weighted by Gasteiger charge is -2.13. The summed E-state index contributed by atoms with van der Waals surface area (Å²) in [6.07, 6.45) is 5.78. The molecule has 1 aliphatic rings. The van der Waals surface area contributed by atoms with E-state index >= 15 is 0 Å².